The lowest BCUT2D eigenvalue weighted by atomic mass is 10.0. The van der Waals surface area contributed by atoms with Crippen molar-refractivity contribution in [2.24, 2.45) is 0 Å². The molecule has 8 nitrogen and oxygen atoms in total. The maximum atomic E-state index is 13.1. The van der Waals surface area contributed by atoms with Crippen LogP contribution in [0.4, 0.5) is 5.69 Å². The van der Waals surface area contributed by atoms with Gasteiger partial charge in [-0.25, -0.2) is 4.79 Å². The zero-order chi connectivity index (χ0) is 28.1. The number of ether oxygens (including phenoxy) is 2. The number of allylic oxidation sites excluding steroid dienone is 2. The summed E-state index contributed by atoms with van der Waals surface area (Å²) in [4.78, 5) is 39.7. The predicted octanol–water partition coefficient (Wildman–Crippen LogP) is 5.65. The minimum Gasteiger partial charge on any atom is -0.493 e. The van der Waals surface area contributed by atoms with Gasteiger partial charge in [-0.2, -0.15) is 0 Å². The van der Waals surface area contributed by atoms with Gasteiger partial charge in [-0.3, -0.25) is 9.59 Å². The maximum Gasteiger partial charge on any atom is 0.360 e. The molecule has 2 aromatic carbocycles. The Kier molecular flexibility index (Phi) is 8.86. The minimum absolute atomic E-state index is 0.0414. The first-order valence-electron chi connectivity index (χ1n) is 13.3. The molecule has 3 aromatic rings. The van der Waals surface area contributed by atoms with E-state index in [1.807, 2.05) is 39.0 Å². The summed E-state index contributed by atoms with van der Waals surface area (Å²) >= 11 is 0. The fourth-order valence-corrected chi connectivity index (χ4v) is 4.84. The summed E-state index contributed by atoms with van der Waals surface area (Å²) in [6.45, 7) is 8.83. The standard InChI is InChI=1S/C31H36N2O6/c1-19(2)8-9-22-17-24(11-13-28(22)38-21(4)34)30(35)32-26-18-23-10-12-27(20(3)29(23)39-31(26)36)37-16-14-25-7-6-15-33(25)5/h8,10-13,17-18,25H,6-7,9,14-16H2,1-5H3,(H,32,35). The van der Waals surface area contributed by atoms with Crippen molar-refractivity contribution in [1.29, 1.82) is 0 Å². The van der Waals surface area contributed by atoms with Gasteiger partial charge in [0, 0.05) is 29.5 Å². The Bertz CT molecular complexity index is 1470. The number of likely N-dealkylation sites (tertiary alicyclic amines) is 1. The Hall–Kier alpha value is -3.91. The number of carbonyl (C=O) groups excluding carboxylic acids is 2. The van der Waals surface area contributed by atoms with Gasteiger partial charge >= 0.3 is 11.6 Å². The van der Waals surface area contributed by atoms with Gasteiger partial charge in [0.2, 0.25) is 0 Å². The topological polar surface area (TPSA) is 98.1 Å². The Morgan fingerprint density at radius 1 is 1.13 bits per heavy atom. The van der Waals surface area contributed by atoms with E-state index in [-0.39, 0.29) is 5.69 Å². The van der Waals surface area contributed by atoms with Crippen LogP contribution >= 0.6 is 0 Å². The molecule has 1 unspecified atom stereocenters. The summed E-state index contributed by atoms with van der Waals surface area (Å²) in [5.41, 5.74) is 2.68. The fourth-order valence-electron chi connectivity index (χ4n) is 4.84. The van der Waals surface area contributed by atoms with Crippen LogP contribution < -0.4 is 20.4 Å². The van der Waals surface area contributed by atoms with Gasteiger partial charge < -0.3 is 24.1 Å². The number of nitrogens with zero attached hydrogens (tertiary/aromatic N) is 1. The molecule has 1 N–H and O–H groups in total. The molecule has 1 saturated heterocycles. The molecular weight excluding hydrogens is 496 g/mol. The number of esters is 1. The van der Waals surface area contributed by atoms with Gasteiger partial charge in [-0.05, 0) is 102 Å². The second kappa shape index (κ2) is 12.3. The third-order valence-electron chi connectivity index (χ3n) is 7.04. The van der Waals surface area contributed by atoms with Crippen molar-refractivity contribution >= 4 is 28.5 Å². The van der Waals surface area contributed by atoms with Crippen LogP contribution in [0, 0.1) is 6.92 Å². The molecule has 2 heterocycles. The van der Waals surface area contributed by atoms with Crippen molar-refractivity contribution in [3.05, 3.63) is 75.2 Å². The van der Waals surface area contributed by atoms with Gasteiger partial charge in [0.1, 0.15) is 22.8 Å². The number of hydrogen-bond acceptors (Lipinski definition) is 7. The van der Waals surface area contributed by atoms with Crippen molar-refractivity contribution in [2.75, 3.05) is 25.5 Å². The highest BCUT2D eigenvalue weighted by molar-refractivity contribution is 6.05. The van der Waals surface area contributed by atoms with Gasteiger partial charge in [-0.15, -0.1) is 0 Å². The molecule has 0 spiro atoms. The molecular formula is C31H36N2O6. The Morgan fingerprint density at radius 3 is 2.59 bits per heavy atom. The first-order chi connectivity index (χ1) is 18.6. The number of carbonyl (C=O) groups is 2. The van der Waals surface area contributed by atoms with Crippen LogP contribution in [0.5, 0.6) is 11.5 Å². The molecule has 4 rings (SSSR count). The molecule has 0 bridgehead atoms. The van der Waals surface area contributed by atoms with Crippen molar-refractivity contribution in [2.45, 2.75) is 59.4 Å². The number of rotatable bonds is 9. The number of benzene rings is 2. The zero-order valence-electron chi connectivity index (χ0n) is 23.3. The normalized spacial score (nSPS) is 15.3. The van der Waals surface area contributed by atoms with Gasteiger partial charge in [0.15, 0.2) is 0 Å². The van der Waals surface area contributed by atoms with Crippen LogP contribution in [0.25, 0.3) is 11.0 Å². The predicted molar refractivity (Wildman–Crippen MR) is 152 cm³/mol. The molecule has 8 heteroatoms. The molecule has 1 aliphatic heterocycles. The summed E-state index contributed by atoms with van der Waals surface area (Å²) in [6, 6.07) is 10.6. The quantitative estimate of drug-likeness (QED) is 0.165. The molecule has 1 atom stereocenters. The largest absolute Gasteiger partial charge is 0.493 e. The first-order valence-corrected chi connectivity index (χ1v) is 13.3. The lowest BCUT2D eigenvalue weighted by Gasteiger charge is -2.19. The number of hydrogen-bond donors (Lipinski definition) is 1. The minimum atomic E-state index is -0.648. The van der Waals surface area contributed by atoms with Crippen molar-refractivity contribution in [3.8, 4) is 11.5 Å². The van der Waals surface area contributed by atoms with Crippen LogP contribution in [0.2, 0.25) is 0 Å². The van der Waals surface area contributed by atoms with Crippen LogP contribution in [-0.4, -0.2) is 43.0 Å². The van der Waals surface area contributed by atoms with E-state index in [9.17, 15) is 14.4 Å². The van der Waals surface area contributed by atoms with E-state index in [4.69, 9.17) is 13.9 Å². The van der Waals surface area contributed by atoms with E-state index >= 15 is 0 Å². The number of amides is 1. The second-order valence-electron chi connectivity index (χ2n) is 10.3. The first kappa shape index (κ1) is 28.1. The van der Waals surface area contributed by atoms with Gasteiger partial charge in [0.25, 0.3) is 5.91 Å². The highest BCUT2D eigenvalue weighted by Crippen LogP contribution is 2.29. The van der Waals surface area contributed by atoms with Crippen LogP contribution in [0.15, 0.2) is 57.3 Å². The average Bonchev–Trinajstić information content (AvgIpc) is 3.29. The van der Waals surface area contributed by atoms with Crippen LogP contribution in [0.1, 0.15) is 61.5 Å². The van der Waals surface area contributed by atoms with Crippen LogP contribution in [-0.2, 0) is 11.2 Å². The fraction of sp³-hybridized carbons (Fsp3) is 0.387. The average molecular weight is 533 g/mol. The van der Waals surface area contributed by atoms with E-state index in [1.54, 1.807) is 24.3 Å². The smallest absolute Gasteiger partial charge is 0.360 e. The summed E-state index contributed by atoms with van der Waals surface area (Å²) in [5.74, 6) is 0.165. The third kappa shape index (κ3) is 6.95. The number of fused-ring (bicyclic) bond motifs is 1. The number of nitrogens with one attached hydrogen (secondary N) is 1. The lowest BCUT2D eigenvalue weighted by Crippen LogP contribution is -2.26. The van der Waals surface area contributed by atoms with Crippen molar-refractivity contribution < 1.29 is 23.5 Å². The summed E-state index contributed by atoms with van der Waals surface area (Å²) in [6.07, 6.45) is 5.82. The highest BCUT2D eigenvalue weighted by Gasteiger charge is 2.21. The summed E-state index contributed by atoms with van der Waals surface area (Å²) in [5, 5.41) is 3.35. The van der Waals surface area contributed by atoms with Gasteiger partial charge in [-0.1, -0.05) is 11.6 Å². The molecule has 0 saturated carbocycles. The number of anilines is 1. The monoisotopic (exact) mass is 532 g/mol. The number of aryl methyl sites for hydroxylation is 1. The molecule has 0 aliphatic carbocycles. The third-order valence-corrected chi connectivity index (χ3v) is 7.04. The maximum absolute atomic E-state index is 13.1. The Morgan fingerprint density at radius 2 is 1.90 bits per heavy atom. The highest BCUT2D eigenvalue weighted by atomic mass is 16.5. The van der Waals surface area contributed by atoms with E-state index in [2.05, 4.69) is 17.3 Å². The van der Waals surface area contributed by atoms with E-state index < -0.39 is 17.5 Å². The van der Waals surface area contributed by atoms with E-state index in [1.165, 1.54) is 19.8 Å². The van der Waals surface area contributed by atoms with Crippen molar-refractivity contribution in [1.82, 2.24) is 4.90 Å². The van der Waals surface area contributed by atoms with Crippen molar-refractivity contribution in [3.63, 3.8) is 0 Å². The molecule has 39 heavy (non-hydrogen) atoms. The second-order valence-corrected chi connectivity index (χ2v) is 10.3. The van der Waals surface area contributed by atoms with Gasteiger partial charge in [0.05, 0.1) is 6.61 Å². The molecule has 1 aromatic heterocycles. The van der Waals surface area contributed by atoms with E-state index in [0.717, 1.165) is 24.1 Å². The summed E-state index contributed by atoms with van der Waals surface area (Å²) in [7, 11) is 2.14. The molecule has 1 fully saturated rings. The summed E-state index contributed by atoms with van der Waals surface area (Å²) < 4.78 is 17.0. The Balaban J connectivity index is 1.51. The SMILES string of the molecule is CC(=O)Oc1ccc(C(=O)Nc2cc3ccc(OCCC4CCCN4C)c(C)c3oc2=O)cc1CC=C(C)C. The molecule has 1 amide bonds. The zero-order valence-corrected chi connectivity index (χ0v) is 23.3. The lowest BCUT2D eigenvalue weighted by molar-refractivity contribution is -0.131. The van der Waals surface area contributed by atoms with E-state index in [0.29, 0.717) is 52.7 Å². The molecule has 0 radical (unpaired) electrons. The van der Waals surface area contributed by atoms with Crippen LogP contribution in [0.3, 0.4) is 0 Å². The Labute approximate surface area is 228 Å². The molecule has 1 aliphatic rings. The molecule has 206 valence electrons.